The minimum absolute atomic E-state index is 0.0843. The zero-order chi connectivity index (χ0) is 18.5. The maximum absolute atomic E-state index is 12.2. The number of rotatable bonds is 5. The standard InChI is InChI=1S/C19H21N7O/c27-18-5-4-17(16-3-1-6-20-15-16)23-26(18)14-11-24-9-12-25(13-10-24)19-21-7-2-8-22-19/h1-8,15H,9-14H2. The molecule has 0 radical (unpaired) electrons. The molecule has 0 N–H and O–H groups in total. The fourth-order valence-corrected chi connectivity index (χ4v) is 3.14. The predicted octanol–water partition coefficient (Wildman–Crippen LogP) is 0.917. The topological polar surface area (TPSA) is 80.0 Å². The van der Waals surface area contributed by atoms with Crippen LogP contribution in [0.25, 0.3) is 11.3 Å². The largest absolute Gasteiger partial charge is 0.338 e. The van der Waals surface area contributed by atoms with Crippen LogP contribution in [0.2, 0.25) is 0 Å². The molecule has 3 aromatic heterocycles. The van der Waals surface area contributed by atoms with E-state index < -0.39 is 0 Å². The first-order valence-electron chi connectivity index (χ1n) is 9.02. The van der Waals surface area contributed by atoms with Crippen molar-refractivity contribution >= 4 is 5.95 Å². The van der Waals surface area contributed by atoms with Crippen molar-refractivity contribution in [1.82, 2.24) is 29.6 Å². The number of nitrogens with zero attached hydrogens (tertiary/aromatic N) is 7. The molecule has 4 rings (SSSR count). The van der Waals surface area contributed by atoms with Crippen molar-refractivity contribution < 1.29 is 0 Å². The summed E-state index contributed by atoms with van der Waals surface area (Å²) in [5, 5.41) is 4.50. The van der Waals surface area contributed by atoms with Crippen LogP contribution in [-0.4, -0.2) is 62.4 Å². The van der Waals surface area contributed by atoms with E-state index in [0.717, 1.165) is 49.9 Å². The van der Waals surface area contributed by atoms with Gasteiger partial charge in [0.25, 0.3) is 5.56 Å². The number of pyridine rings is 1. The van der Waals surface area contributed by atoms with Crippen LogP contribution >= 0.6 is 0 Å². The van der Waals surface area contributed by atoms with Gasteiger partial charge in [-0.05, 0) is 24.3 Å². The third kappa shape index (κ3) is 4.17. The van der Waals surface area contributed by atoms with Gasteiger partial charge in [0.05, 0.1) is 12.2 Å². The molecule has 0 atom stereocenters. The summed E-state index contributed by atoms with van der Waals surface area (Å²) in [6, 6.07) is 8.94. The van der Waals surface area contributed by atoms with E-state index in [2.05, 4.69) is 29.9 Å². The first-order chi connectivity index (χ1) is 13.3. The second-order valence-electron chi connectivity index (χ2n) is 6.40. The number of hydrogen-bond acceptors (Lipinski definition) is 7. The zero-order valence-corrected chi connectivity index (χ0v) is 15.0. The van der Waals surface area contributed by atoms with Crippen molar-refractivity contribution in [2.75, 3.05) is 37.6 Å². The summed E-state index contributed by atoms with van der Waals surface area (Å²) in [5.74, 6) is 0.777. The summed E-state index contributed by atoms with van der Waals surface area (Å²) >= 11 is 0. The van der Waals surface area contributed by atoms with Gasteiger partial charge < -0.3 is 4.90 Å². The van der Waals surface area contributed by atoms with Crippen LogP contribution in [0, 0.1) is 0 Å². The lowest BCUT2D eigenvalue weighted by Crippen LogP contribution is -2.48. The molecule has 1 saturated heterocycles. The molecule has 8 heteroatoms. The van der Waals surface area contributed by atoms with Gasteiger partial charge in [0, 0.05) is 69.1 Å². The van der Waals surface area contributed by atoms with Gasteiger partial charge in [-0.25, -0.2) is 14.6 Å². The van der Waals surface area contributed by atoms with Crippen molar-refractivity contribution in [1.29, 1.82) is 0 Å². The molecular weight excluding hydrogens is 342 g/mol. The predicted molar refractivity (Wildman–Crippen MR) is 102 cm³/mol. The summed E-state index contributed by atoms with van der Waals surface area (Å²) in [4.78, 5) is 29.4. The van der Waals surface area contributed by atoms with Crippen molar-refractivity contribution in [2.24, 2.45) is 0 Å². The Labute approximate surface area is 157 Å². The summed E-state index contributed by atoms with van der Waals surface area (Å²) in [5.41, 5.74) is 1.58. The molecule has 0 unspecified atom stereocenters. The molecule has 1 aliphatic heterocycles. The maximum Gasteiger partial charge on any atom is 0.266 e. The van der Waals surface area contributed by atoms with Crippen LogP contribution in [0.15, 0.2) is 59.9 Å². The van der Waals surface area contributed by atoms with Crippen molar-refractivity contribution in [3.05, 3.63) is 65.5 Å². The first-order valence-corrected chi connectivity index (χ1v) is 9.02. The average molecular weight is 363 g/mol. The molecule has 0 bridgehead atoms. The highest BCUT2D eigenvalue weighted by atomic mass is 16.1. The van der Waals surface area contributed by atoms with Gasteiger partial charge in [-0.1, -0.05) is 0 Å². The Kier molecular flexibility index (Phi) is 5.15. The maximum atomic E-state index is 12.2. The van der Waals surface area contributed by atoms with Crippen LogP contribution in [0.5, 0.6) is 0 Å². The van der Waals surface area contributed by atoms with Gasteiger partial charge in [0.15, 0.2) is 0 Å². The summed E-state index contributed by atoms with van der Waals surface area (Å²) in [7, 11) is 0. The van der Waals surface area contributed by atoms with Crippen LogP contribution in [0.4, 0.5) is 5.95 Å². The summed E-state index contributed by atoms with van der Waals surface area (Å²) in [6.07, 6.45) is 7.01. The number of aromatic nitrogens is 5. The highest BCUT2D eigenvalue weighted by Crippen LogP contribution is 2.13. The Bertz CT molecular complexity index is 922. The Morgan fingerprint density at radius 2 is 1.70 bits per heavy atom. The van der Waals surface area contributed by atoms with Crippen molar-refractivity contribution in [3.63, 3.8) is 0 Å². The fraction of sp³-hybridized carbons (Fsp3) is 0.316. The molecule has 0 aliphatic carbocycles. The quantitative estimate of drug-likeness (QED) is 0.667. The van der Waals surface area contributed by atoms with E-state index >= 15 is 0 Å². The van der Waals surface area contributed by atoms with Gasteiger partial charge in [-0.3, -0.25) is 14.7 Å². The van der Waals surface area contributed by atoms with Crippen LogP contribution < -0.4 is 10.5 Å². The molecule has 1 fully saturated rings. The van der Waals surface area contributed by atoms with Crippen LogP contribution in [0.1, 0.15) is 0 Å². The molecule has 0 amide bonds. The molecule has 1 aliphatic rings. The monoisotopic (exact) mass is 363 g/mol. The normalized spacial score (nSPS) is 15.0. The highest BCUT2D eigenvalue weighted by Gasteiger charge is 2.18. The number of hydrogen-bond donors (Lipinski definition) is 0. The van der Waals surface area contributed by atoms with Gasteiger partial charge in [-0.15, -0.1) is 0 Å². The van der Waals surface area contributed by atoms with E-state index in [9.17, 15) is 4.79 Å². The first kappa shape index (κ1) is 17.3. The van der Waals surface area contributed by atoms with Gasteiger partial charge in [-0.2, -0.15) is 5.10 Å². The lowest BCUT2D eigenvalue weighted by molar-refractivity contribution is 0.242. The second kappa shape index (κ2) is 8.05. The van der Waals surface area contributed by atoms with E-state index in [1.54, 1.807) is 36.9 Å². The fourth-order valence-electron chi connectivity index (χ4n) is 3.14. The molecular formula is C19H21N7O. The SMILES string of the molecule is O=c1ccc(-c2cccnc2)nn1CCN1CCN(c2ncccn2)CC1. The van der Waals surface area contributed by atoms with Crippen molar-refractivity contribution in [2.45, 2.75) is 6.54 Å². The zero-order valence-electron chi connectivity index (χ0n) is 15.0. The number of piperazine rings is 1. The van der Waals surface area contributed by atoms with Crippen molar-refractivity contribution in [3.8, 4) is 11.3 Å². The molecule has 8 nitrogen and oxygen atoms in total. The molecule has 0 spiro atoms. The van der Waals surface area contributed by atoms with E-state index in [1.165, 1.54) is 4.68 Å². The third-order valence-electron chi connectivity index (χ3n) is 4.66. The number of anilines is 1. The van der Waals surface area contributed by atoms with E-state index in [0.29, 0.717) is 6.54 Å². The average Bonchev–Trinajstić information content (AvgIpc) is 2.75. The molecule has 138 valence electrons. The lowest BCUT2D eigenvalue weighted by Gasteiger charge is -2.34. The molecule has 27 heavy (non-hydrogen) atoms. The minimum Gasteiger partial charge on any atom is -0.338 e. The van der Waals surface area contributed by atoms with Gasteiger partial charge in [0.2, 0.25) is 5.95 Å². The Balaban J connectivity index is 1.36. The molecule has 4 heterocycles. The summed E-state index contributed by atoms with van der Waals surface area (Å²) in [6.45, 7) is 4.93. The summed E-state index contributed by atoms with van der Waals surface area (Å²) < 4.78 is 1.54. The van der Waals surface area contributed by atoms with Crippen LogP contribution in [0.3, 0.4) is 0 Å². The second-order valence-corrected chi connectivity index (χ2v) is 6.40. The van der Waals surface area contributed by atoms with E-state index in [4.69, 9.17) is 0 Å². The molecule has 3 aromatic rings. The van der Waals surface area contributed by atoms with Gasteiger partial charge >= 0.3 is 0 Å². The minimum atomic E-state index is -0.0843. The third-order valence-corrected chi connectivity index (χ3v) is 4.66. The lowest BCUT2D eigenvalue weighted by atomic mass is 10.2. The Morgan fingerprint density at radius 3 is 2.44 bits per heavy atom. The molecule has 0 aromatic carbocycles. The smallest absolute Gasteiger partial charge is 0.266 e. The Hall–Kier alpha value is -3.13. The van der Waals surface area contributed by atoms with Gasteiger partial charge in [0.1, 0.15) is 0 Å². The van der Waals surface area contributed by atoms with E-state index in [1.807, 2.05) is 18.2 Å². The highest BCUT2D eigenvalue weighted by molar-refractivity contribution is 5.56. The van der Waals surface area contributed by atoms with Crippen LogP contribution in [-0.2, 0) is 6.54 Å². The Morgan fingerprint density at radius 1 is 0.889 bits per heavy atom. The van der Waals surface area contributed by atoms with E-state index in [-0.39, 0.29) is 5.56 Å². The molecule has 0 saturated carbocycles.